The first kappa shape index (κ1) is 13.4. The van der Waals surface area contributed by atoms with Gasteiger partial charge in [0.1, 0.15) is 0 Å². The molecule has 0 heterocycles. The molecule has 0 fully saturated rings. The second-order valence-corrected chi connectivity index (χ2v) is 4.25. The lowest BCUT2D eigenvalue weighted by molar-refractivity contribution is -0.143. The second-order valence-electron chi connectivity index (χ2n) is 4.25. The monoisotopic (exact) mass is 202 g/mol. The Kier molecular flexibility index (Phi) is 5.72. The Labute approximate surface area is 86.1 Å². The molecule has 0 radical (unpaired) electrons. The van der Waals surface area contributed by atoms with Gasteiger partial charge in [0.2, 0.25) is 0 Å². The minimum atomic E-state index is -0.517. The summed E-state index contributed by atoms with van der Waals surface area (Å²) in [4.78, 5) is 16.6. The number of carbonyl (C=O) groups is 1. The lowest BCUT2D eigenvalue weighted by Gasteiger charge is -2.24. The molecule has 0 saturated heterocycles. The van der Waals surface area contributed by atoms with Gasteiger partial charge >= 0.3 is 0 Å². The Hall–Kier alpha value is -0.610. The first-order valence-corrected chi connectivity index (χ1v) is 5.08. The Balaban J connectivity index is 3.94. The SMILES string of the molecule is CCC(C)(CN)C(=O)NOCC(C)C. The van der Waals surface area contributed by atoms with Crippen LogP contribution >= 0.6 is 0 Å². The van der Waals surface area contributed by atoms with Gasteiger partial charge in [-0.1, -0.05) is 20.8 Å². The van der Waals surface area contributed by atoms with Crippen LogP contribution in [0.2, 0.25) is 0 Å². The summed E-state index contributed by atoms with van der Waals surface area (Å²) < 4.78 is 0. The molecule has 84 valence electrons. The maximum absolute atomic E-state index is 11.6. The number of amides is 1. The molecule has 0 aliphatic rings. The van der Waals surface area contributed by atoms with Crippen molar-refractivity contribution in [3.05, 3.63) is 0 Å². The zero-order valence-electron chi connectivity index (χ0n) is 9.59. The largest absolute Gasteiger partial charge is 0.329 e. The number of nitrogens with two attached hydrogens (primary N) is 1. The van der Waals surface area contributed by atoms with E-state index in [9.17, 15) is 4.79 Å². The number of carbonyl (C=O) groups excluding carboxylic acids is 1. The van der Waals surface area contributed by atoms with Crippen molar-refractivity contribution in [2.24, 2.45) is 17.1 Å². The Morgan fingerprint density at radius 3 is 2.50 bits per heavy atom. The zero-order chi connectivity index (χ0) is 11.2. The third kappa shape index (κ3) is 4.07. The summed E-state index contributed by atoms with van der Waals surface area (Å²) in [5.41, 5.74) is 7.45. The first-order valence-electron chi connectivity index (χ1n) is 5.08. The summed E-state index contributed by atoms with van der Waals surface area (Å²) in [5, 5.41) is 0. The molecule has 4 nitrogen and oxygen atoms in total. The Morgan fingerprint density at radius 1 is 1.57 bits per heavy atom. The van der Waals surface area contributed by atoms with Gasteiger partial charge < -0.3 is 5.73 Å². The Bertz CT molecular complexity index is 177. The fourth-order valence-corrected chi connectivity index (χ4v) is 0.795. The average molecular weight is 202 g/mol. The number of hydroxylamine groups is 1. The molecule has 0 aliphatic carbocycles. The lowest BCUT2D eigenvalue weighted by atomic mass is 9.87. The first-order chi connectivity index (χ1) is 6.46. The zero-order valence-corrected chi connectivity index (χ0v) is 9.59. The summed E-state index contributed by atoms with van der Waals surface area (Å²) >= 11 is 0. The van der Waals surface area contributed by atoms with Crippen molar-refractivity contribution < 1.29 is 9.63 Å². The highest BCUT2D eigenvalue weighted by Gasteiger charge is 2.29. The summed E-state index contributed by atoms with van der Waals surface area (Å²) in [7, 11) is 0. The van der Waals surface area contributed by atoms with Gasteiger partial charge in [0.15, 0.2) is 0 Å². The van der Waals surface area contributed by atoms with Gasteiger partial charge in [0.25, 0.3) is 5.91 Å². The summed E-state index contributed by atoms with van der Waals surface area (Å²) in [6, 6.07) is 0. The molecule has 0 spiro atoms. The smallest absolute Gasteiger partial charge is 0.250 e. The van der Waals surface area contributed by atoms with Crippen LogP contribution in [0, 0.1) is 11.3 Å². The van der Waals surface area contributed by atoms with Crippen molar-refractivity contribution >= 4 is 5.91 Å². The van der Waals surface area contributed by atoms with Crippen LogP contribution < -0.4 is 11.2 Å². The normalized spacial score (nSPS) is 15.3. The van der Waals surface area contributed by atoms with Gasteiger partial charge in [0.05, 0.1) is 12.0 Å². The molecule has 4 heteroatoms. The summed E-state index contributed by atoms with van der Waals surface area (Å²) in [6.07, 6.45) is 0.709. The maximum atomic E-state index is 11.6. The average Bonchev–Trinajstić information content (AvgIpc) is 2.15. The van der Waals surface area contributed by atoms with E-state index in [1.54, 1.807) is 0 Å². The van der Waals surface area contributed by atoms with Crippen LogP contribution in [0.5, 0.6) is 0 Å². The van der Waals surface area contributed by atoms with E-state index in [-0.39, 0.29) is 5.91 Å². The van der Waals surface area contributed by atoms with E-state index >= 15 is 0 Å². The van der Waals surface area contributed by atoms with Crippen LogP contribution in [0.3, 0.4) is 0 Å². The molecule has 0 bridgehead atoms. The molecule has 1 amide bonds. The van der Waals surface area contributed by atoms with Crippen molar-refractivity contribution in [2.45, 2.75) is 34.1 Å². The van der Waals surface area contributed by atoms with Gasteiger partial charge in [-0.25, -0.2) is 5.48 Å². The van der Waals surface area contributed by atoms with Crippen molar-refractivity contribution in [3.63, 3.8) is 0 Å². The van der Waals surface area contributed by atoms with Crippen molar-refractivity contribution in [1.29, 1.82) is 0 Å². The van der Waals surface area contributed by atoms with E-state index < -0.39 is 5.41 Å². The minimum absolute atomic E-state index is 0.136. The van der Waals surface area contributed by atoms with Crippen LogP contribution in [0.15, 0.2) is 0 Å². The Morgan fingerprint density at radius 2 is 2.14 bits per heavy atom. The van der Waals surface area contributed by atoms with Crippen LogP contribution in [-0.2, 0) is 9.63 Å². The third-order valence-corrected chi connectivity index (χ3v) is 2.36. The molecular formula is C10H22N2O2. The summed E-state index contributed by atoms with van der Waals surface area (Å²) in [6.45, 7) is 8.68. The molecule has 0 aliphatic heterocycles. The predicted molar refractivity (Wildman–Crippen MR) is 56.4 cm³/mol. The highest BCUT2D eigenvalue weighted by molar-refractivity contribution is 5.81. The van der Waals surface area contributed by atoms with Gasteiger partial charge in [-0.3, -0.25) is 9.63 Å². The van der Waals surface area contributed by atoms with E-state index in [0.29, 0.717) is 25.5 Å². The number of nitrogens with one attached hydrogen (secondary N) is 1. The van der Waals surface area contributed by atoms with Gasteiger partial charge in [0, 0.05) is 6.54 Å². The molecule has 0 rings (SSSR count). The molecule has 0 aromatic rings. The van der Waals surface area contributed by atoms with E-state index in [4.69, 9.17) is 10.6 Å². The molecule has 1 atom stereocenters. The van der Waals surface area contributed by atoms with Crippen LogP contribution in [0.25, 0.3) is 0 Å². The number of rotatable bonds is 6. The predicted octanol–water partition coefficient (Wildman–Crippen LogP) is 1.07. The van der Waals surface area contributed by atoms with Crippen molar-refractivity contribution in [2.75, 3.05) is 13.2 Å². The fraction of sp³-hybridized carbons (Fsp3) is 0.900. The fourth-order valence-electron chi connectivity index (χ4n) is 0.795. The van der Waals surface area contributed by atoms with E-state index in [0.717, 1.165) is 0 Å². The molecule has 0 saturated carbocycles. The summed E-state index contributed by atoms with van der Waals surface area (Å²) in [5.74, 6) is 0.268. The van der Waals surface area contributed by atoms with E-state index in [2.05, 4.69) is 5.48 Å². The van der Waals surface area contributed by atoms with Crippen molar-refractivity contribution in [3.8, 4) is 0 Å². The molecule has 3 N–H and O–H groups in total. The molecule has 14 heavy (non-hydrogen) atoms. The van der Waals surface area contributed by atoms with Crippen LogP contribution in [0.4, 0.5) is 0 Å². The third-order valence-electron chi connectivity index (χ3n) is 2.36. The van der Waals surface area contributed by atoms with E-state index in [1.807, 2.05) is 27.7 Å². The highest BCUT2D eigenvalue weighted by Crippen LogP contribution is 2.18. The lowest BCUT2D eigenvalue weighted by Crippen LogP contribution is -2.43. The number of hydrogen-bond acceptors (Lipinski definition) is 3. The van der Waals surface area contributed by atoms with Crippen LogP contribution in [-0.4, -0.2) is 19.1 Å². The second kappa shape index (κ2) is 5.98. The number of hydrogen-bond donors (Lipinski definition) is 2. The molecular weight excluding hydrogens is 180 g/mol. The van der Waals surface area contributed by atoms with E-state index in [1.165, 1.54) is 0 Å². The van der Waals surface area contributed by atoms with Gasteiger partial charge in [-0.2, -0.15) is 0 Å². The standard InChI is InChI=1S/C10H22N2O2/c1-5-10(4,7-11)9(13)12-14-6-8(2)3/h8H,5-7,11H2,1-4H3,(H,12,13). The molecule has 0 aromatic heterocycles. The topological polar surface area (TPSA) is 64.4 Å². The quantitative estimate of drug-likeness (QED) is 0.633. The highest BCUT2D eigenvalue weighted by atomic mass is 16.7. The van der Waals surface area contributed by atoms with Crippen LogP contribution in [0.1, 0.15) is 34.1 Å². The maximum Gasteiger partial charge on any atom is 0.250 e. The van der Waals surface area contributed by atoms with Gasteiger partial charge in [-0.15, -0.1) is 0 Å². The van der Waals surface area contributed by atoms with Crippen molar-refractivity contribution in [1.82, 2.24) is 5.48 Å². The minimum Gasteiger partial charge on any atom is -0.329 e. The van der Waals surface area contributed by atoms with Gasteiger partial charge in [-0.05, 0) is 19.3 Å². The molecule has 1 unspecified atom stereocenters. The molecule has 0 aromatic carbocycles.